The van der Waals surface area contributed by atoms with Crippen LogP contribution in [0, 0.1) is 0 Å². The number of halogens is 1. The van der Waals surface area contributed by atoms with E-state index in [1.807, 2.05) is 0 Å². The first-order valence-electron chi connectivity index (χ1n) is 5.66. The van der Waals surface area contributed by atoms with Gasteiger partial charge in [0, 0.05) is 18.6 Å². The largest absolute Gasteiger partial charge is 0.329 e. The van der Waals surface area contributed by atoms with Crippen LogP contribution >= 0.6 is 27.3 Å². The lowest BCUT2D eigenvalue weighted by Gasteiger charge is -2.38. The van der Waals surface area contributed by atoms with Gasteiger partial charge in [-0.25, -0.2) is 0 Å². The molecule has 2 N–H and O–H groups in total. The third-order valence-corrected chi connectivity index (χ3v) is 4.74. The Hall–Kier alpha value is 0.100. The van der Waals surface area contributed by atoms with Gasteiger partial charge in [-0.05, 0) is 53.3 Å². The van der Waals surface area contributed by atoms with Crippen molar-refractivity contribution in [1.29, 1.82) is 0 Å². The van der Waals surface area contributed by atoms with Crippen LogP contribution in [0.3, 0.4) is 0 Å². The Balaban J connectivity index is 2.65. The summed E-state index contributed by atoms with van der Waals surface area (Å²) in [7, 11) is 2.16. The highest BCUT2D eigenvalue weighted by Gasteiger charge is 2.26. The van der Waals surface area contributed by atoms with Crippen LogP contribution in [0.4, 0.5) is 0 Å². The van der Waals surface area contributed by atoms with Crippen LogP contribution in [0.15, 0.2) is 15.2 Å². The van der Waals surface area contributed by atoms with Gasteiger partial charge >= 0.3 is 0 Å². The van der Waals surface area contributed by atoms with Crippen molar-refractivity contribution in [3.63, 3.8) is 0 Å². The molecule has 1 atom stereocenters. The molecular formula is C12H21BrN2S. The van der Waals surface area contributed by atoms with E-state index in [0.29, 0.717) is 6.54 Å². The third-order valence-electron chi connectivity index (χ3n) is 3.19. The van der Waals surface area contributed by atoms with Crippen molar-refractivity contribution >= 4 is 27.3 Å². The van der Waals surface area contributed by atoms with Gasteiger partial charge in [-0.2, -0.15) is 0 Å². The monoisotopic (exact) mass is 304 g/mol. The number of nitrogens with two attached hydrogens (primary N) is 1. The Morgan fingerprint density at radius 2 is 2.25 bits per heavy atom. The van der Waals surface area contributed by atoms with Crippen LogP contribution in [0.5, 0.6) is 0 Å². The topological polar surface area (TPSA) is 29.3 Å². The van der Waals surface area contributed by atoms with E-state index in [0.717, 1.165) is 13.0 Å². The molecule has 1 unspecified atom stereocenters. The fraction of sp³-hybridized carbons (Fsp3) is 0.667. The Morgan fingerprint density at radius 1 is 1.56 bits per heavy atom. The van der Waals surface area contributed by atoms with Gasteiger partial charge in [0.15, 0.2) is 0 Å². The van der Waals surface area contributed by atoms with E-state index < -0.39 is 0 Å². The minimum absolute atomic E-state index is 0.114. The fourth-order valence-corrected chi connectivity index (χ4v) is 3.08. The summed E-state index contributed by atoms with van der Waals surface area (Å²) >= 11 is 5.23. The molecule has 2 nitrogen and oxygen atoms in total. The van der Waals surface area contributed by atoms with E-state index >= 15 is 0 Å². The van der Waals surface area contributed by atoms with Crippen LogP contribution in [0.2, 0.25) is 0 Å². The molecule has 0 saturated heterocycles. The molecule has 0 spiro atoms. The van der Waals surface area contributed by atoms with Gasteiger partial charge in [0.25, 0.3) is 0 Å². The molecule has 0 amide bonds. The summed E-state index contributed by atoms with van der Waals surface area (Å²) < 4.78 is 1.20. The highest BCUT2D eigenvalue weighted by atomic mass is 79.9. The Kier molecular flexibility index (Phi) is 5.44. The second-order valence-electron chi connectivity index (χ2n) is 4.57. The predicted molar refractivity (Wildman–Crippen MR) is 75.9 cm³/mol. The Bertz CT molecular complexity index is 327. The van der Waals surface area contributed by atoms with Gasteiger partial charge in [-0.15, -0.1) is 11.3 Å². The minimum Gasteiger partial charge on any atom is -0.329 e. The summed E-state index contributed by atoms with van der Waals surface area (Å²) in [5.74, 6) is 0. The van der Waals surface area contributed by atoms with E-state index in [4.69, 9.17) is 5.73 Å². The summed E-state index contributed by atoms with van der Waals surface area (Å²) in [5.41, 5.74) is 7.38. The van der Waals surface area contributed by atoms with Gasteiger partial charge in [0.05, 0.1) is 3.79 Å². The quantitative estimate of drug-likeness (QED) is 0.872. The number of nitrogens with zero attached hydrogens (tertiary/aromatic N) is 1. The summed E-state index contributed by atoms with van der Waals surface area (Å²) in [4.78, 5) is 2.37. The number of hydrogen-bond donors (Lipinski definition) is 1. The fourth-order valence-electron chi connectivity index (χ4n) is 1.88. The molecule has 0 aromatic carbocycles. The first-order valence-corrected chi connectivity index (χ1v) is 7.33. The third kappa shape index (κ3) is 3.55. The molecule has 1 aromatic rings. The van der Waals surface area contributed by atoms with Crippen molar-refractivity contribution in [3.8, 4) is 0 Å². The van der Waals surface area contributed by atoms with E-state index in [9.17, 15) is 0 Å². The number of rotatable bonds is 6. The number of thiophene rings is 1. The van der Waals surface area contributed by atoms with Crippen LogP contribution in [-0.2, 0) is 6.54 Å². The number of hydrogen-bond acceptors (Lipinski definition) is 3. The highest BCUT2D eigenvalue weighted by molar-refractivity contribution is 9.11. The molecular weight excluding hydrogens is 284 g/mol. The lowest BCUT2D eigenvalue weighted by Crippen LogP contribution is -2.49. The maximum absolute atomic E-state index is 5.90. The second kappa shape index (κ2) is 6.15. The molecule has 0 fully saturated rings. The molecule has 92 valence electrons. The summed E-state index contributed by atoms with van der Waals surface area (Å²) in [6, 6.07) is 2.18. The molecule has 1 rings (SSSR count). The second-order valence-corrected chi connectivity index (χ2v) is 6.86. The predicted octanol–water partition coefficient (Wildman–Crippen LogP) is 3.46. The van der Waals surface area contributed by atoms with Gasteiger partial charge < -0.3 is 5.73 Å². The molecule has 0 saturated carbocycles. The van der Waals surface area contributed by atoms with Crippen molar-refractivity contribution in [2.24, 2.45) is 5.73 Å². The average Bonchev–Trinajstić information content (AvgIpc) is 2.64. The van der Waals surface area contributed by atoms with Gasteiger partial charge in [0.2, 0.25) is 0 Å². The molecule has 0 aliphatic rings. The zero-order valence-corrected chi connectivity index (χ0v) is 12.7. The zero-order chi connectivity index (χ0) is 12.2. The van der Waals surface area contributed by atoms with Crippen molar-refractivity contribution in [3.05, 3.63) is 20.8 Å². The van der Waals surface area contributed by atoms with E-state index in [1.54, 1.807) is 11.3 Å². The van der Waals surface area contributed by atoms with E-state index in [1.165, 1.54) is 15.8 Å². The molecule has 0 bridgehead atoms. The van der Waals surface area contributed by atoms with Crippen LogP contribution in [0.25, 0.3) is 0 Å². The summed E-state index contributed by atoms with van der Waals surface area (Å²) in [5, 5.41) is 2.20. The standard InChI is InChI=1S/C12H21BrN2S/c1-4-5-12(2,9-14)15(3)7-10-6-11(13)16-8-10/h6,8H,4-5,7,9,14H2,1-3H3. The Labute approximate surface area is 111 Å². The van der Waals surface area contributed by atoms with Crippen molar-refractivity contribution < 1.29 is 0 Å². The van der Waals surface area contributed by atoms with Crippen molar-refractivity contribution in [1.82, 2.24) is 4.90 Å². The van der Waals surface area contributed by atoms with Crippen LogP contribution in [0.1, 0.15) is 32.3 Å². The van der Waals surface area contributed by atoms with Gasteiger partial charge in [-0.1, -0.05) is 13.3 Å². The first kappa shape index (κ1) is 14.2. The summed E-state index contributed by atoms with van der Waals surface area (Å²) in [6.45, 7) is 6.14. The lowest BCUT2D eigenvalue weighted by atomic mass is 9.94. The van der Waals surface area contributed by atoms with Crippen LogP contribution < -0.4 is 5.73 Å². The molecule has 0 aliphatic carbocycles. The maximum Gasteiger partial charge on any atom is 0.0701 e. The van der Waals surface area contributed by atoms with E-state index in [2.05, 4.69) is 53.2 Å². The number of likely N-dealkylation sites (N-methyl/N-ethyl adjacent to an activating group) is 1. The van der Waals surface area contributed by atoms with Crippen LogP contribution in [-0.4, -0.2) is 24.0 Å². The van der Waals surface area contributed by atoms with Crippen molar-refractivity contribution in [2.45, 2.75) is 38.8 Å². The highest BCUT2D eigenvalue weighted by Crippen LogP contribution is 2.25. The van der Waals surface area contributed by atoms with E-state index in [-0.39, 0.29) is 5.54 Å². The molecule has 0 radical (unpaired) electrons. The molecule has 0 aliphatic heterocycles. The molecule has 16 heavy (non-hydrogen) atoms. The van der Waals surface area contributed by atoms with Gasteiger partial charge in [-0.3, -0.25) is 4.90 Å². The molecule has 1 heterocycles. The maximum atomic E-state index is 5.90. The minimum atomic E-state index is 0.114. The lowest BCUT2D eigenvalue weighted by molar-refractivity contribution is 0.125. The smallest absolute Gasteiger partial charge is 0.0701 e. The first-order chi connectivity index (χ1) is 7.51. The SMILES string of the molecule is CCCC(C)(CN)N(C)Cc1csc(Br)c1. The van der Waals surface area contributed by atoms with Gasteiger partial charge in [0.1, 0.15) is 0 Å². The average molecular weight is 305 g/mol. The Morgan fingerprint density at radius 3 is 2.69 bits per heavy atom. The molecule has 1 aromatic heterocycles. The van der Waals surface area contributed by atoms with Crippen molar-refractivity contribution in [2.75, 3.05) is 13.6 Å². The normalized spacial score (nSPS) is 15.4. The summed E-state index contributed by atoms with van der Waals surface area (Å²) in [6.07, 6.45) is 2.32. The molecule has 4 heteroatoms. The zero-order valence-electron chi connectivity index (χ0n) is 10.3.